The predicted molar refractivity (Wildman–Crippen MR) is 62.2 cm³/mol. The molecule has 18 heavy (non-hydrogen) atoms. The van der Waals surface area contributed by atoms with E-state index in [4.69, 9.17) is 17.3 Å². The van der Waals surface area contributed by atoms with Crippen LogP contribution in [0.15, 0.2) is 18.2 Å². The normalized spacial score (nSPS) is 15.4. The quantitative estimate of drug-likeness (QED) is 0.587. The Hall–Kier alpha value is -0.980. The van der Waals surface area contributed by atoms with E-state index in [1.807, 2.05) is 0 Å². The molecule has 0 aliphatic carbocycles. The SMILES string of the molecule is Nc1ccc(C(F)(F)F)c(C(O)C(O)CCCl)c1. The van der Waals surface area contributed by atoms with E-state index >= 15 is 0 Å². The van der Waals surface area contributed by atoms with Gasteiger partial charge in [-0.05, 0) is 30.2 Å². The number of aliphatic hydroxyl groups excluding tert-OH is 2. The van der Waals surface area contributed by atoms with Gasteiger partial charge >= 0.3 is 6.18 Å². The van der Waals surface area contributed by atoms with Crippen molar-refractivity contribution in [1.82, 2.24) is 0 Å². The topological polar surface area (TPSA) is 66.5 Å². The van der Waals surface area contributed by atoms with Gasteiger partial charge in [-0.3, -0.25) is 0 Å². The van der Waals surface area contributed by atoms with Gasteiger partial charge in [-0.15, -0.1) is 11.6 Å². The second-order valence-corrected chi connectivity index (χ2v) is 4.21. The van der Waals surface area contributed by atoms with Crippen LogP contribution in [0.5, 0.6) is 0 Å². The summed E-state index contributed by atoms with van der Waals surface area (Å²) >= 11 is 5.37. The summed E-state index contributed by atoms with van der Waals surface area (Å²) < 4.78 is 38.2. The molecule has 0 saturated heterocycles. The number of rotatable bonds is 4. The zero-order valence-corrected chi connectivity index (χ0v) is 10.0. The number of anilines is 1. The molecule has 0 aromatic heterocycles. The van der Waals surface area contributed by atoms with Crippen molar-refractivity contribution in [1.29, 1.82) is 0 Å². The van der Waals surface area contributed by atoms with Gasteiger partial charge in [-0.1, -0.05) is 0 Å². The maximum atomic E-state index is 12.7. The number of hydrogen-bond acceptors (Lipinski definition) is 3. The summed E-state index contributed by atoms with van der Waals surface area (Å²) in [5.74, 6) is 0.0297. The molecule has 4 N–H and O–H groups in total. The maximum absolute atomic E-state index is 12.7. The molecule has 0 aliphatic rings. The Labute approximate surface area is 107 Å². The van der Waals surface area contributed by atoms with Crippen LogP contribution in [0.1, 0.15) is 23.7 Å². The highest BCUT2D eigenvalue weighted by Gasteiger charge is 2.36. The zero-order valence-electron chi connectivity index (χ0n) is 9.28. The van der Waals surface area contributed by atoms with Gasteiger partial charge in [-0.2, -0.15) is 13.2 Å². The number of alkyl halides is 4. The van der Waals surface area contributed by atoms with Crippen molar-refractivity contribution >= 4 is 17.3 Å². The van der Waals surface area contributed by atoms with Gasteiger partial charge in [-0.25, -0.2) is 0 Å². The molecule has 2 atom stereocenters. The van der Waals surface area contributed by atoms with Crippen molar-refractivity contribution in [3.8, 4) is 0 Å². The van der Waals surface area contributed by atoms with E-state index in [1.54, 1.807) is 0 Å². The Morgan fingerprint density at radius 1 is 1.28 bits per heavy atom. The summed E-state index contributed by atoms with van der Waals surface area (Å²) in [7, 11) is 0. The molecule has 0 aliphatic heterocycles. The predicted octanol–water partition coefficient (Wildman–Crippen LogP) is 2.31. The standard InChI is InChI=1S/C11H13ClF3NO2/c12-4-3-9(17)10(18)7-5-6(16)1-2-8(7)11(13,14)15/h1-2,5,9-10,17-18H,3-4,16H2. The lowest BCUT2D eigenvalue weighted by atomic mass is 9.96. The fourth-order valence-corrected chi connectivity index (χ4v) is 1.78. The molecule has 3 nitrogen and oxygen atoms in total. The first kappa shape index (κ1) is 15.1. The van der Waals surface area contributed by atoms with E-state index in [2.05, 4.69) is 0 Å². The van der Waals surface area contributed by atoms with Gasteiger partial charge in [0.1, 0.15) is 6.10 Å². The average molecular weight is 284 g/mol. The Kier molecular flexibility index (Phi) is 4.84. The Morgan fingerprint density at radius 3 is 2.39 bits per heavy atom. The van der Waals surface area contributed by atoms with Crippen molar-refractivity contribution in [2.45, 2.75) is 24.8 Å². The minimum absolute atomic E-state index is 0.0190. The molecule has 0 saturated carbocycles. The van der Waals surface area contributed by atoms with Gasteiger partial charge in [0.05, 0.1) is 11.7 Å². The van der Waals surface area contributed by atoms with Gasteiger partial charge < -0.3 is 15.9 Å². The summed E-state index contributed by atoms with van der Waals surface area (Å²) in [4.78, 5) is 0. The highest BCUT2D eigenvalue weighted by atomic mass is 35.5. The second kappa shape index (κ2) is 5.77. The van der Waals surface area contributed by atoms with Crippen LogP contribution in [0.3, 0.4) is 0 Å². The van der Waals surface area contributed by atoms with Crippen LogP contribution in [-0.2, 0) is 6.18 Å². The molecule has 0 bridgehead atoms. The van der Waals surface area contributed by atoms with Crippen molar-refractivity contribution in [2.24, 2.45) is 0 Å². The number of nitrogen functional groups attached to an aromatic ring is 1. The zero-order chi connectivity index (χ0) is 13.9. The van der Waals surface area contributed by atoms with Gasteiger partial charge in [0.2, 0.25) is 0 Å². The molecule has 0 radical (unpaired) electrons. The molecule has 0 heterocycles. The fraction of sp³-hybridized carbons (Fsp3) is 0.455. The highest BCUT2D eigenvalue weighted by molar-refractivity contribution is 6.17. The molecule has 0 spiro atoms. The summed E-state index contributed by atoms with van der Waals surface area (Å²) in [6.45, 7) is 0. The molecule has 0 amide bonds. The van der Waals surface area contributed by atoms with E-state index in [1.165, 1.54) is 0 Å². The largest absolute Gasteiger partial charge is 0.416 e. The van der Waals surface area contributed by atoms with Gasteiger partial charge in [0.15, 0.2) is 0 Å². The van der Waals surface area contributed by atoms with Crippen molar-refractivity contribution < 1.29 is 23.4 Å². The summed E-state index contributed by atoms with van der Waals surface area (Å²) in [5.41, 5.74) is 4.02. The second-order valence-electron chi connectivity index (χ2n) is 3.83. The van der Waals surface area contributed by atoms with Crippen LogP contribution in [-0.4, -0.2) is 22.2 Å². The smallest absolute Gasteiger partial charge is 0.399 e. The Morgan fingerprint density at radius 2 is 1.89 bits per heavy atom. The van der Waals surface area contributed by atoms with Crippen molar-refractivity contribution in [3.05, 3.63) is 29.3 Å². The lowest BCUT2D eigenvalue weighted by Gasteiger charge is -2.21. The van der Waals surface area contributed by atoms with E-state index in [0.717, 1.165) is 18.2 Å². The first-order chi connectivity index (χ1) is 8.27. The van der Waals surface area contributed by atoms with Crippen LogP contribution >= 0.6 is 11.6 Å². The number of nitrogens with two attached hydrogens (primary N) is 1. The Bertz CT molecular complexity index is 412. The Balaban J connectivity index is 3.17. The molecule has 102 valence electrons. The third-order valence-electron chi connectivity index (χ3n) is 2.47. The molecular formula is C11H13ClF3NO2. The van der Waals surface area contributed by atoms with E-state index < -0.39 is 29.5 Å². The average Bonchev–Trinajstić information content (AvgIpc) is 2.26. The third-order valence-corrected chi connectivity index (χ3v) is 2.69. The minimum atomic E-state index is -4.62. The van der Waals surface area contributed by atoms with Crippen molar-refractivity contribution in [2.75, 3.05) is 11.6 Å². The highest BCUT2D eigenvalue weighted by Crippen LogP contribution is 2.36. The molecule has 7 heteroatoms. The molecule has 1 aromatic carbocycles. The summed E-state index contributed by atoms with van der Waals surface area (Å²) in [6.07, 6.45) is -7.69. The van der Waals surface area contributed by atoms with E-state index in [-0.39, 0.29) is 18.0 Å². The van der Waals surface area contributed by atoms with Crippen LogP contribution in [0.4, 0.5) is 18.9 Å². The lowest BCUT2D eigenvalue weighted by Crippen LogP contribution is -2.22. The van der Waals surface area contributed by atoms with Crippen LogP contribution in [0.25, 0.3) is 0 Å². The maximum Gasteiger partial charge on any atom is 0.416 e. The fourth-order valence-electron chi connectivity index (χ4n) is 1.56. The number of hydrogen-bond donors (Lipinski definition) is 3. The van der Waals surface area contributed by atoms with Crippen LogP contribution < -0.4 is 5.73 Å². The molecular weight excluding hydrogens is 271 g/mol. The minimum Gasteiger partial charge on any atom is -0.399 e. The summed E-state index contributed by atoms with van der Waals surface area (Å²) in [6, 6.07) is 2.87. The molecule has 2 unspecified atom stereocenters. The van der Waals surface area contributed by atoms with E-state index in [9.17, 15) is 23.4 Å². The van der Waals surface area contributed by atoms with Crippen LogP contribution in [0.2, 0.25) is 0 Å². The number of benzene rings is 1. The third kappa shape index (κ3) is 3.51. The van der Waals surface area contributed by atoms with Gasteiger partial charge in [0.25, 0.3) is 0 Å². The first-order valence-corrected chi connectivity index (χ1v) is 5.69. The van der Waals surface area contributed by atoms with E-state index in [0.29, 0.717) is 0 Å². The van der Waals surface area contributed by atoms with Crippen molar-refractivity contribution in [3.63, 3.8) is 0 Å². The molecule has 1 aromatic rings. The van der Waals surface area contributed by atoms with Gasteiger partial charge in [0, 0.05) is 11.6 Å². The monoisotopic (exact) mass is 283 g/mol. The van der Waals surface area contributed by atoms with Crippen LogP contribution in [0, 0.1) is 0 Å². The summed E-state index contributed by atoms with van der Waals surface area (Å²) in [5, 5.41) is 19.2. The molecule has 1 rings (SSSR count). The number of aliphatic hydroxyl groups is 2. The first-order valence-electron chi connectivity index (χ1n) is 5.16. The number of halogens is 4. The lowest BCUT2D eigenvalue weighted by molar-refractivity contribution is -0.139. The molecule has 0 fully saturated rings.